The fourth-order valence-corrected chi connectivity index (χ4v) is 3.04. The number of amides is 1. The van der Waals surface area contributed by atoms with E-state index in [9.17, 15) is 14.0 Å². The summed E-state index contributed by atoms with van der Waals surface area (Å²) in [7, 11) is 1.54. The predicted octanol–water partition coefficient (Wildman–Crippen LogP) is 4.16. The molecular formula is C19H19ClFNO3S. The topological polar surface area (TPSA) is 46.6 Å². The quantitative estimate of drug-likeness (QED) is 0.497. The van der Waals surface area contributed by atoms with E-state index in [0.29, 0.717) is 16.3 Å². The van der Waals surface area contributed by atoms with Gasteiger partial charge in [-0.15, -0.1) is 11.8 Å². The first-order valence-electron chi connectivity index (χ1n) is 7.97. The van der Waals surface area contributed by atoms with Crippen molar-refractivity contribution in [2.45, 2.75) is 17.9 Å². The van der Waals surface area contributed by atoms with Crippen LogP contribution in [0.25, 0.3) is 0 Å². The van der Waals surface area contributed by atoms with Gasteiger partial charge >= 0.3 is 5.97 Å². The van der Waals surface area contributed by atoms with Crippen LogP contribution in [0.4, 0.5) is 4.39 Å². The Bertz CT molecular complexity index is 755. The van der Waals surface area contributed by atoms with Crippen LogP contribution in [0.1, 0.15) is 12.0 Å². The molecule has 0 bridgehead atoms. The standard InChI is InChI=1S/C19H19ClFNO3S/c1-22(12-14-4-2-3-5-17(14)21)18(23)13-25-19(24)10-11-26-16-8-6-15(20)7-9-16/h2-9H,10-13H2,1H3. The summed E-state index contributed by atoms with van der Waals surface area (Å²) in [5.41, 5.74) is 0.411. The molecule has 0 heterocycles. The molecule has 0 fully saturated rings. The Balaban J connectivity index is 1.68. The van der Waals surface area contributed by atoms with Gasteiger partial charge in [0.1, 0.15) is 5.82 Å². The Morgan fingerprint density at radius 2 is 1.85 bits per heavy atom. The van der Waals surface area contributed by atoms with E-state index in [0.717, 1.165) is 4.90 Å². The number of carbonyl (C=O) groups is 2. The average Bonchev–Trinajstić information content (AvgIpc) is 2.63. The predicted molar refractivity (Wildman–Crippen MR) is 101 cm³/mol. The first-order valence-corrected chi connectivity index (χ1v) is 9.33. The van der Waals surface area contributed by atoms with Gasteiger partial charge in [-0.25, -0.2) is 4.39 Å². The summed E-state index contributed by atoms with van der Waals surface area (Å²) in [6.07, 6.45) is 0.192. The van der Waals surface area contributed by atoms with Gasteiger partial charge in [-0.05, 0) is 30.3 Å². The van der Waals surface area contributed by atoms with Crippen molar-refractivity contribution in [3.63, 3.8) is 0 Å². The van der Waals surface area contributed by atoms with E-state index in [2.05, 4.69) is 0 Å². The van der Waals surface area contributed by atoms with E-state index in [4.69, 9.17) is 16.3 Å². The summed E-state index contributed by atoms with van der Waals surface area (Å²) < 4.78 is 18.6. The fraction of sp³-hybridized carbons (Fsp3) is 0.263. The average molecular weight is 396 g/mol. The molecule has 0 N–H and O–H groups in total. The number of benzene rings is 2. The molecule has 4 nitrogen and oxygen atoms in total. The van der Waals surface area contributed by atoms with Gasteiger partial charge in [-0.3, -0.25) is 9.59 Å². The van der Waals surface area contributed by atoms with Crippen molar-refractivity contribution in [3.05, 3.63) is 64.9 Å². The van der Waals surface area contributed by atoms with Crippen LogP contribution in [-0.4, -0.2) is 36.2 Å². The lowest BCUT2D eigenvalue weighted by molar-refractivity contribution is -0.151. The van der Waals surface area contributed by atoms with Gasteiger partial charge < -0.3 is 9.64 Å². The summed E-state index contributed by atoms with van der Waals surface area (Å²) in [6, 6.07) is 13.6. The molecule has 0 saturated carbocycles. The number of esters is 1. The minimum Gasteiger partial charge on any atom is -0.456 e. The maximum Gasteiger partial charge on any atom is 0.307 e. The Morgan fingerprint density at radius 1 is 1.15 bits per heavy atom. The summed E-state index contributed by atoms with van der Waals surface area (Å²) >= 11 is 7.32. The van der Waals surface area contributed by atoms with Crippen molar-refractivity contribution in [2.75, 3.05) is 19.4 Å². The molecule has 0 aliphatic heterocycles. The number of ether oxygens (including phenoxy) is 1. The van der Waals surface area contributed by atoms with E-state index in [1.807, 2.05) is 12.1 Å². The molecular weight excluding hydrogens is 377 g/mol. The van der Waals surface area contributed by atoms with E-state index in [1.165, 1.54) is 22.7 Å². The molecule has 0 unspecified atom stereocenters. The van der Waals surface area contributed by atoms with E-state index >= 15 is 0 Å². The number of thioether (sulfide) groups is 1. The number of rotatable bonds is 8. The van der Waals surface area contributed by atoms with Crippen molar-refractivity contribution < 1.29 is 18.7 Å². The minimum atomic E-state index is -0.445. The molecule has 2 rings (SSSR count). The van der Waals surface area contributed by atoms with E-state index in [-0.39, 0.29) is 31.3 Å². The van der Waals surface area contributed by atoms with Crippen molar-refractivity contribution in [3.8, 4) is 0 Å². The highest BCUT2D eigenvalue weighted by atomic mass is 35.5. The van der Waals surface area contributed by atoms with Crippen LogP contribution in [-0.2, 0) is 20.9 Å². The second-order valence-corrected chi connectivity index (χ2v) is 7.16. The lowest BCUT2D eigenvalue weighted by Crippen LogP contribution is -2.31. The van der Waals surface area contributed by atoms with Gasteiger partial charge in [0.2, 0.25) is 0 Å². The summed E-state index contributed by atoms with van der Waals surface area (Å²) in [5.74, 6) is -0.658. The van der Waals surface area contributed by atoms with Gasteiger partial charge in [-0.1, -0.05) is 29.8 Å². The molecule has 2 aromatic carbocycles. The van der Waals surface area contributed by atoms with Gasteiger partial charge in [0.15, 0.2) is 6.61 Å². The number of hydrogen-bond donors (Lipinski definition) is 0. The number of halogens is 2. The van der Waals surface area contributed by atoms with E-state index < -0.39 is 5.97 Å². The van der Waals surface area contributed by atoms with Crippen LogP contribution >= 0.6 is 23.4 Å². The van der Waals surface area contributed by atoms with E-state index in [1.54, 1.807) is 37.4 Å². The third-order valence-electron chi connectivity index (χ3n) is 3.54. The molecule has 138 valence electrons. The maximum absolute atomic E-state index is 13.6. The smallest absolute Gasteiger partial charge is 0.307 e. The Labute approximate surface area is 161 Å². The molecule has 0 aliphatic rings. The van der Waals surface area contributed by atoms with Crippen LogP contribution in [0.3, 0.4) is 0 Å². The SMILES string of the molecule is CN(Cc1ccccc1F)C(=O)COC(=O)CCSc1ccc(Cl)cc1. The summed E-state index contributed by atoms with van der Waals surface area (Å²) in [6.45, 7) is -0.231. The van der Waals surface area contributed by atoms with Crippen LogP contribution in [0.2, 0.25) is 5.02 Å². The third kappa shape index (κ3) is 6.69. The van der Waals surface area contributed by atoms with Gasteiger partial charge in [0, 0.05) is 34.8 Å². The molecule has 7 heteroatoms. The molecule has 0 atom stereocenters. The molecule has 0 saturated heterocycles. The Morgan fingerprint density at radius 3 is 2.54 bits per heavy atom. The first kappa shape index (κ1) is 20.3. The number of hydrogen-bond acceptors (Lipinski definition) is 4. The van der Waals surface area contributed by atoms with Gasteiger partial charge in [0.25, 0.3) is 5.91 Å². The molecule has 2 aromatic rings. The van der Waals surface area contributed by atoms with Crippen molar-refractivity contribution >= 4 is 35.2 Å². The van der Waals surface area contributed by atoms with Crippen molar-refractivity contribution in [1.82, 2.24) is 4.90 Å². The van der Waals surface area contributed by atoms with Gasteiger partial charge in [-0.2, -0.15) is 0 Å². The second kappa shape index (κ2) is 10.2. The van der Waals surface area contributed by atoms with Gasteiger partial charge in [0.05, 0.1) is 6.42 Å². The van der Waals surface area contributed by atoms with Crippen molar-refractivity contribution in [1.29, 1.82) is 0 Å². The number of nitrogens with zero attached hydrogens (tertiary/aromatic N) is 1. The molecule has 1 amide bonds. The normalized spacial score (nSPS) is 10.4. The van der Waals surface area contributed by atoms with Crippen LogP contribution in [0, 0.1) is 5.82 Å². The molecule has 0 spiro atoms. The number of carbonyl (C=O) groups excluding carboxylic acids is 2. The fourth-order valence-electron chi connectivity index (χ4n) is 2.08. The first-order chi connectivity index (χ1) is 12.5. The molecule has 0 aliphatic carbocycles. The highest BCUT2D eigenvalue weighted by Crippen LogP contribution is 2.21. The lowest BCUT2D eigenvalue weighted by Gasteiger charge is -2.17. The van der Waals surface area contributed by atoms with Crippen LogP contribution in [0.15, 0.2) is 53.4 Å². The highest BCUT2D eigenvalue weighted by molar-refractivity contribution is 7.99. The maximum atomic E-state index is 13.6. The van der Waals surface area contributed by atoms with Crippen LogP contribution in [0.5, 0.6) is 0 Å². The second-order valence-electron chi connectivity index (χ2n) is 5.55. The lowest BCUT2D eigenvalue weighted by atomic mass is 10.2. The summed E-state index contributed by atoms with van der Waals surface area (Å²) in [4.78, 5) is 26.1. The highest BCUT2D eigenvalue weighted by Gasteiger charge is 2.14. The minimum absolute atomic E-state index is 0.121. The summed E-state index contributed by atoms with van der Waals surface area (Å²) in [5, 5.41) is 0.659. The zero-order chi connectivity index (χ0) is 18.9. The number of likely N-dealkylation sites (N-methyl/N-ethyl adjacent to an activating group) is 1. The molecule has 0 aromatic heterocycles. The van der Waals surface area contributed by atoms with Crippen LogP contribution < -0.4 is 0 Å². The Kier molecular flexibility index (Phi) is 7.94. The molecule has 26 heavy (non-hydrogen) atoms. The Hall–Kier alpha value is -2.05. The zero-order valence-corrected chi connectivity index (χ0v) is 15.9. The van der Waals surface area contributed by atoms with Crippen molar-refractivity contribution in [2.24, 2.45) is 0 Å². The zero-order valence-electron chi connectivity index (χ0n) is 14.3. The molecule has 0 radical (unpaired) electrons. The third-order valence-corrected chi connectivity index (χ3v) is 4.80. The monoisotopic (exact) mass is 395 g/mol. The largest absolute Gasteiger partial charge is 0.456 e.